The fraction of sp³-hybridized carbons (Fsp3) is 0.478. The van der Waals surface area contributed by atoms with Gasteiger partial charge in [-0.15, -0.1) is 15.3 Å². The molecular formula is C23H26F3N7O2. The summed E-state index contributed by atoms with van der Waals surface area (Å²) in [4.78, 5) is 15.6. The average molecular weight is 490 g/mol. The quantitative estimate of drug-likeness (QED) is 0.569. The Morgan fingerprint density at radius 3 is 2.51 bits per heavy atom. The molecule has 0 bridgehead atoms. The molecule has 2 aromatic heterocycles. The van der Waals surface area contributed by atoms with Crippen molar-refractivity contribution in [1.29, 1.82) is 0 Å². The zero-order valence-corrected chi connectivity index (χ0v) is 19.0. The molecule has 35 heavy (non-hydrogen) atoms. The number of rotatable bonds is 6. The molecular weight excluding hydrogens is 463 g/mol. The Morgan fingerprint density at radius 2 is 1.80 bits per heavy atom. The molecule has 1 amide bonds. The number of hydrogen-bond donors (Lipinski definition) is 1. The standard InChI is InChI=1S/C23H26F3N7O2/c24-23(25,26)22-29-28-19-5-6-20(30-33(19)22)31-10-7-17(8-11-31)16-1-3-18(4-2-16)35-14-13-32-12-9-27-15-21(32)34/h1-6,17,27H,7-15H2. The van der Waals surface area contributed by atoms with Gasteiger partial charge in [0, 0.05) is 26.2 Å². The van der Waals surface area contributed by atoms with Crippen LogP contribution in [0.25, 0.3) is 5.65 Å². The number of fused-ring (bicyclic) bond motifs is 1. The molecule has 9 nitrogen and oxygen atoms in total. The van der Waals surface area contributed by atoms with Crippen molar-refractivity contribution in [2.45, 2.75) is 24.9 Å². The van der Waals surface area contributed by atoms with Gasteiger partial charge in [0.1, 0.15) is 18.2 Å². The minimum absolute atomic E-state index is 0.0674. The number of nitrogens with zero attached hydrogens (tertiary/aromatic N) is 6. The summed E-state index contributed by atoms with van der Waals surface area (Å²) in [6.45, 7) is 4.27. The van der Waals surface area contributed by atoms with Crippen molar-refractivity contribution in [2.75, 3.05) is 50.8 Å². The zero-order valence-electron chi connectivity index (χ0n) is 19.0. The first-order valence-corrected chi connectivity index (χ1v) is 11.6. The molecule has 5 rings (SSSR count). The number of piperidine rings is 1. The first-order valence-electron chi connectivity index (χ1n) is 11.6. The first kappa shape index (κ1) is 23.3. The van der Waals surface area contributed by atoms with Gasteiger partial charge < -0.3 is 19.9 Å². The van der Waals surface area contributed by atoms with Crippen molar-refractivity contribution in [1.82, 2.24) is 30.0 Å². The molecule has 0 atom stereocenters. The van der Waals surface area contributed by atoms with Crippen LogP contribution in [-0.4, -0.2) is 76.5 Å². The molecule has 2 aliphatic heterocycles. The Kier molecular flexibility index (Phi) is 6.46. The number of ether oxygens (including phenoxy) is 1. The second-order valence-electron chi connectivity index (χ2n) is 8.72. The number of anilines is 1. The van der Waals surface area contributed by atoms with Gasteiger partial charge in [-0.05, 0) is 48.6 Å². The van der Waals surface area contributed by atoms with Gasteiger partial charge in [-0.3, -0.25) is 4.79 Å². The van der Waals surface area contributed by atoms with Gasteiger partial charge in [-0.2, -0.15) is 17.7 Å². The fourth-order valence-electron chi connectivity index (χ4n) is 4.56. The normalized spacial score (nSPS) is 17.9. The summed E-state index contributed by atoms with van der Waals surface area (Å²) in [5.74, 6) is 0.571. The fourth-order valence-corrected chi connectivity index (χ4v) is 4.56. The van der Waals surface area contributed by atoms with Crippen LogP contribution in [0.15, 0.2) is 36.4 Å². The van der Waals surface area contributed by atoms with E-state index < -0.39 is 12.0 Å². The summed E-state index contributed by atoms with van der Waals surface area (Å²) < 4.78 is 46.0. The van der Waals surface area contributed by atoms with Gasteiger partial charge in [-0.1, -0.05) is 12.1 Å². The first-order chi connectivity index (χ1) is 16.9. The molecule has 0 radical (unpaired) electrons. The SMILES string of the molecule is O=C1CNCCN1CCOc1ccc(C2CCN(c3ccc4nnc(C(F)(F)F)n4n3)CC2)cc1. The van der Waals surface area contributed by atoms with Crippen LogP contribution in [0.3, 0.4) is 0 Å². The van der Waals surface area contributed by atoms with Gasteiger partial charge in [0.05, 0.1) is 13.1 Å². The molecule has 4 heterocycles. The van der Waals surface area contributed by atoms with Crippen LogP contribution in [0.4, 0.5) is 19.0 Å². The minimum Gasteiger partial charge on any atom is -0.492 e. The maximum Gasteiger partial charge on any atom is 0.453 e. The third-order valence-electron chi connectivity index (χ3n) is 6.49. The highest BCUT2D eigenvalue weighted by Crippen LogP contribution is 2.32. The van der Waals surface area contributed by atoms with Gasteiger partial charge in [0.15, 0.2) is 5.65 Å². The van der Waals surface area contributed by atoms with Crippen molar-refractivity contribution in [3.05, 3.63) is 47.8 Å². The highest BCUT2D eigenvalue weighted by atomic mass is 19.4. The second-order valence-corrected chi connectivity index (χ2v) is 8.72. The molecule has 186 valence electrons. The second kappa shape index (κ2) is 9.68. The van der Waals surface area contributed by atoms with E-state index in [0.29, 0.717) is 51.1 Å². The van der Waals surface area contributed by atoms with E-state index in [2.05, 4.69) is 32.7 Å². The lowest BCUT2D eigenvalue weighted by molar-refractivity contribution is -0.146. The number of aromatic nitrogens is 4. The number of amides is 1. The summed E-state index contributed by atoms with van der Waals surface area (Å²) in [5, 5.41) is 14.0. The summed E-state index contributed by atoms with van der Waals surface area (Å²) >= 11 is 0. The minimum atomic E-state index is -4.61. The maximum atomic E-state index is 13.2. The summed E-state index contributed by atoms with van der Waals surface area (Å²) in [7, 11) is 0. The number of carbonyl (C=O) groups is 1. The molecule has 1 aromatic carbocycles. The lowest BCUT2D eigenvalue weighted by Gasteiger charge is -2.33. The van der Waals surface area contributed by atoms with E-state index in [4.69, 9.17) is 4.74 Å². The molecule has 1 N–H and O–H groups in total. The largest absolute Gasteiger partial charge is 0.492 e. The number of nitrogens with one attached hydrogen (secondary N) is 1. The van der Waals surface area contributed by atoms with E-state index >= 15 is 0 Å². The molecule has 0 saturated carbocycles. The monoisotopic (exact) mass is 489 g/mol. The number of alkyl halides is 3. The highest BCUT2D eigenvalue weighted by molar-refractivity contribution is 5.78. The molecule has 2 fully saturated rings. The van der Waals surface area contributed by atoms with Crippen molar-refractivity contribution in [3.8, 4) is 5.75 Å². The number of benzene rings is 1. The van der Waals surface area contributed by atoms with Crippen molar-refractivity contribution in [2.24, 2.45) is 0 Å². The predicted octanol–water partition coefficient (Wildman–Crippen LogP) is 2.34. The third-order valence-corrected chi connectivity index (χ3v) is 6.49. The predicted molar refractivity (Wildman–Crippen MR) is 121 cm³/mol. The summed E-state index contributed by atoms with van der Waals surface area (Å²) in [6, 6.07) is 11.2. The van der Waals surface area contributed by atoms with Gasteiger partial charge in [0.25, 0.3) is 5.82 Å². The van der Waals surface area contributed by atoms with E-state index in [-0.39, 0.29) is 11.6 Å². The van der Waals surface area contributed by atoms with E-state index in [1.807, 2.05) is 17.0 Å². The topological polar surface area (TPSA) is 87.9 Å². The van der Waals surface area contributed by atoms with Crippen molar-refractivity contribution < 1.29 is 22.7 Å². The molecule has 2 saturated heterocycles. The molecule has 0 aliphatic carbocycles. The lowest BCUT2D eigenvalue weighted by atomic mass is 9.89. The maximum absolute atomic E-state index is 13.2. The van der Waals surface area contributed by atoms with E-state index in [9.17, 15) is 18.0 Å². The summed E-state index contributed by atoms with van der Waals surface area (Å²) in [5.41, 5.74) is 1.27. The molecule has 3 aromatic rings. The van der Waals surface area contributed by atoms with Crippen LogP contribution in [0.1, 0.15) is 30.1 Å². The third kappa shape index (κ3) is 5.16. The van der Waals surface area contributed by atoms with Gasteiger partial charge in [0.2, 0.25) is 5.91 Å². The highest BCUT2D eigenvalue weighted by Gasteiger charge is 2.38. The van der Waals surface area contributed by atoms with Crippen LogP contribution >= 0.6 is 0 Å². The molecule has 0 spiro atoms. The number of piperazine rings is 1. The Labute approximate surface area is 199 Å². The van der Waals surface area contributed by atoms with Crippen LogP contribution in [-0.2, 0) is 11.0 Å². The van der Waals surface area contributed by atoms with E-state index in [1.54, 1.807) is 11.0 Å². The Hall–Kier alpha value is -3.41. The Balaban J connectivity index is 1.15. The van der Waals surface area contributed by atoms with Gasteiger partial charge >= 0.3 is 6.18 Å². The van der Waals surface area contributed by atoms with E-state index in [1.165, 1.54) is 11.6 Å². The molecule has 12 heteroatoms. The van der Waals surface area contributed by atoms with Crippen molar-refractivity contribution >= 4 is 17.4 Å². The van der Waals surface area contributed by atoms with Crippen LogP contribution < -0.4 is 15.0 Å². The van der Waals surface area contributed by atoms with E-state index in [0.717, 1.165) is 29.7 Å². The summed E-state index contributed by atoms with van der Waals surface area (Å²) in [6.07, 6.45) is -2.89. The number of halogens is 3. The van der Waals surface area contributed by atoms with Crippen LogP contribution in [0.2, 0.25) is 0 Å². The molecule has 2 aliphatic rings. The average Bonchev–Trinajstić information content (AvgIpc) is 3.30. The lowest BCUT2D eigenvalue weighted by Crippen LogP contribution is -2.49. The zero-order chi connectivity index (χ0) is 24.4. The Bertz CT molecular complexity index is 1170. The van der Waals surface area contributed by atoms with Gasteiger partial charge in [-0.25, -0.2) is 0 Å². The number of hydrogen-bond acceptors (Lipinski definition) is 7. The molecule has 0 unspecified atom stereocenters. The smallest absolute Gasteiger partial charge is 0.453 e. The number of carbonyl (C=O) groups excluding carboxylic acids is 1. The van der Waals surface area contributed by atoms with Crippen molar-refractivity contribution in [3.63, 3.8) is 0 Å². The Morgan fingerprint density at radius 1 is 1.03 bits per heavy atom. The van der Waals surface area contributed by atoms with Crippen LogP contribution in [0.5, 0.6) is 5.75 Å². The van der Waals surface area contributed by atoms with Crippen LogP contribution in [0, 0.1) is 0 Å².